The van der Waals surface area contributed by atoms with Gasteiger partial charge in [0.15, 0.2) is 5.78 Å². The van der Waals surface area contributed by atoms with Crippen LogP contribution < -0.4 is 16.2 Å². The average molecular weight is 298 g/mol. The molecule has 0 bridgehead atoms. The number of benzene rings is 1. The molecule has 0 radical (unpaired) electrons. The molecule has 0 aliphatic rings. The van der Waals surface area contributed by atoms with E-state index in [-0.39, 0.29) is 5.78 Å². The van der Waals surface area contributed by atoms with Gasteiger partial charge in [-0.2, -0.15) is 0 Å². The summed E-state index contributed by atoms with van der Waals surface area (Å²) in [5, 5.41) is 2.53. The van der Waals surface area contributed by atoms with Gasteiger partial charge in [0.2, 0.25) is 0 Å². The highest BCUT2D eigenvalue weighted by Crippen LogP contribution is 2.09. The number of urea groups is 1. The van der Waals surface area contributed by atoms with E-state index in [1.54, 1.807) is 24.3 Å². The second kappa shape index (κ2) is 6.98. The largest absolute Gasteiger partial charge is 0.337 e. The van der Waals surface area contributed by atoms with Crippen molar-refractivity contribution >= 4 is 23.4 Å². The van der Waals surface area contributed by atoms with Crippen LogP contribution in [0.2, 0.25) is 0 Å². The standard InChI is InChI=1S/C15H14N4O3/c1-10(20)11-2-4-13(5-3-11)17-15(22)19-18-14(21)12-6-8-16-9-7-12/h2-9H,1H3,(H,18,21)(H2,17,19,22). The maximum absolute atomic E-state index is 11.7. The van der Waals surface area contributed by atoms with E-state index in [1.165, 1.54) is 31.5 Å². The molecule has 7 nitrogen and oxygen atoms in total. The number of hydrogen-bond acceptors (Lipinski definition) is 4. The zero-order chi connectivity index (χ0) is 15.9. The minimum atomic E-state index is -0.599. The molecule has 0 fully saturated rings. The molecule has 2 rings (SSSR count). The fourth-order valence-electron chi connectivity index (χ4n) is 1.64. The van der Waals surface area contributed by atoms with Gasteiger partial charge in [0.05, 0.1) is 0 Å². The summed E-state index contributed by atoms with van der Waals surface area (Å²) >= 11 is 0. The molecule has 0 aliphatic carbocycles. The number of aromatic nitrogens is 1. The van der Waals surface area contributed by atoms with Crippen molar-refractivity contribution in [3.8, 4) is 0 Å². The maximum atomic E-state index is 11.7. The van der Waals surface area contributed by atoms with Crippen LogP contribution in [-0.2, 0) is 0 Å². The number of hydrazine groups is 1. The van der Waals surface area contributed by atoms with Crippen molar-refractivity contribution in [2.75, 3.05) is 5.32 Å². The third kappa shape index (κ3) is 4.14. The highest BCUT2D eigenvalue weighted by molar-refractivity contribution is 5.97. The monoisotopic (exact) mass is 298 g/mol. The Morgan fingerprint density at radius 2 is 1.50 bits per heavy atom. The number of carbonyl (C=O) groups excluding carboxylic acids is 3. The van der Waals surface area contributed by atoms with Crippen LogP contribution in [0.15, 0.2) is 48.8 Å². The first-order valence-corrected chi connectivity index (χ1v) is 6.44. The number of nitrogens with zero attached hydrogens (tertiary/aromatic N) is 1. The smallest absolute Gasteiger partial charge is 0.307 e. The van der Waals surface area contributed by atoms with E-state index in [0.29, 0.717) is 16.8 Å². The number of rotatable bonds is 3. The second-order valence-corrected chi connectivity index (χ2v) is 4.40. The number of Topliss-reactive ketones (excluding diaryl/α,β-unsaturated/α-hetero) is 1. The fourth-order valence-corrected chi connectivity index (χ4v) is 1.64. The van der Waals surface area contributed by atoms with E-state index in [2.05, 4.69) is 21.2 Å². The number of anilines is 1. The second-order valence-electron chi connectivity index (χ2n) is 4.40. The Balaban J connectivity index is 1.85. The Morgan fingerprint density at radius 3 is 2.09 bits per heavy atom. The predicted octanol–water partition coefficient (Wildman–Crippen LogP) is 1.75. The molecule has 0 saturated heterocycles. The summed E-state index contributed by atoms with van der Waals surface area (Å²) < 4.78 is 0. The van der Waals surface area contributed by atoms with Gasteiger partial charge < -0.3 is 5.32 Å². The topological polar surface area (TPSA) is 100 Å². The van der Waals surface area contributed by atoms with Crippen molar-refractivity contribution in [1.29, 1.82) is 0 Å². The minimum Gasteiger partial charge on any atom is -0.307 e. The van der Waals surface area contributed by atoms with Crippen LogP contribution >= 0.6 is 0 Å². The van der Waals surface area contributed by atoms with Crippen molar-refractivity contribution in [3.63, 3.8) is 0 Å². The molecule has 0 atom stereocenters. The highest BCUT2D eigenvalue weighted by Gasteiger charge is 2.07. The van der Waals surface area contributed by atoms with Gasteiger partial charge in [-0.25, -0.2) is 10.2 Å². The van der Waals surface area contributed by atoms with Crippen molar-refractivity contribution < 1.29 is 14.4 Å². The molecule has 1 aromatic heterocycles. The van der Waals surface area contributed by atoms with Gasteiger partial charge in [0.1, 0.15) is 0 Å². The van der Waals surface area contributed by atoms with E-state index >= 15 is 0 Å². The lowest BCUT2D eigenvalue weighted by atomic mass is 10.1. The Hall–Kier alpha value is -3.22. The van der Waals surface area contributed by atoms with Crippen LogP contribution in [0.1, 0.15) is 27.6 Å². The first kappa shape index (κ1) is 15.2. The van der Waals surface area contributed by atoms with E-state index in [1.807, 2.05) is 0 Å². The summed E-state index contributed by atoms with van der Waals surface area (Å²) in [5.74, 6) is -0.509. The molecule has 0 spiro atoms. The molecule has 1 heterocycles. The number of hydrogen-bond donors (Lipinski definition) is 3. The Kier molecular flexibility index (Phi) is 4.81. The van der Waals surface area contributed by atoms with E-state index < -0.39 is 11.9 Å². The van der Waals surface area contributed by atoms with Crippen LogP contribution in [0, 0.1) is 0 Å². The van der Waals surface area contributed by atoms with Crippen molar-refractivity contribution in [3.05, 3.63) is 59.9 Å². The maximum Gasteiger partial charge on any atom is 0.337 e. The number of pyridine rings is 1. The fraction of sp³-hybridized carbons (Fsp3) is 0.0667. The molecule has 3 amide bonds. The molecular weight excluding hydrogens is 284 g/mol. The van der Waals surface area contributed by atoms with Crippen LogP contribution in [0.25, 0.3) is 0 Å². The van der Waals surface area contributed by atoms with Crippen molar-refractivity contribution in [1.82, 2.24) is 15.8 Å². The summed E-state index contributed by atoms with van der Waals surface area (Å²) in [6, 6.07) is 8.85. The zero-order valence-electron chi connectivity index (χ0n) is 11.8. The molecule has 7 heteroatoms. The molecule has 112 valence electrons. The van der Waals surface area contributed by atoms with Crippen molar-refractivity contribution in [2.24, 2.45) is 0 Å². The van der Waals surface area contributed by atoms with E-state index in [0.717, 1.165) is 0 Å². The first-order valence-electron chi connectivity index (χ1n) is 6.44. The molecule has 0 saturated carbocycles. The quantitative estimate of drug-likeness (QED) is 0.593. The van der Waals surface area contributed by atoms with Gasteiger partial charge in [0.25, 0.3) is 5.91 Å². The zero-order valence-corrected chi connectivity index (χ0v) is 11.8. The van der Waals surface area contributed by atoms with Crippen LogP contribution in [0.4, 0.5) is 10.5 Å². The number of amides is 3. The number of nitrogens with one attached hydrogen (secondary N) is 3. The van der Waals surface area contributed by atoms with Gasteiger partial charge in [-0.05, 0) is 43.3 Å². The highest BCUT2D eigenvalue weighted by atomic mass is 16.2. The lowest BCUT2D eigenvalue weighted by molar-refractivity contribution is 0.0937. The third-order valence-electron chi connectivity index (χ3n) is 2.78. The summed E-state index contributed by atoms with van der Waals surface area (Å²) in [6.45, 7) is 1.46. The molecule has 22 heavy (non-hydrogen) atoms. The molecular formula is C15H14N4O3. The van der Waals surface area contributed by atoms with Crippen LogP contribution in [-0.4, -0.2) is 22.7 Å². The van der Waals surface area contributed by atoms with Crippen LogP contribution in [0.5, 0.6) is 0 Å². The van der Waals surface area contributed by atoms with Gasteiger partial charge >= 0.3 is 6.03 Å². The first-order chi connectivity index (χ1) is 10.6. The number of ketones is 1. The Morgan fingerprint density at radius 1 is 0.864 bits per heavy atom. The molecule has 3 N–H and O–H groups in total. The van der Waals surface area contributed by atoms with Crippen molar-refractivity contribution in [2.45, 2.75) is 6.92 Å². The van der Waals surface area contributed by atoms with E-state index in [4.69, 9.17) is 0 Å². The Labute approximate surface area is 126 Å². The molecule has 2 aromatic rings. The number of carbonyl (C=O) groups is 3. The summed E-state index contributed by atoms with van der Waals surface area (Å²) in [6.07, 6.45) is 2.96. The SMILES string of the molecule is CC(=O)c1ccc(NC(=O)NNC(=O)c2ccncc2)cc1. The summed E-state index contributed by atoms with van der Waals surface area (Å²) in [5.41, 5.74) is 5.92. The molecule has 1 aromatic carbocycles. The summed E-state index contributed by atoms with van der Waals surface area (Å²) in [7, 11) is 0. The lowest BCUT2D eigenvalue weighted by Crippen LogP contribution is -2.43. The molecule has 0 unspecified atom stereocenters. The third-order valence-corrected chi connectivity index (χ3v) is 2.78. The van der Waals surface area contributed by atoms with E-state index in [9.17, 15) is 14.4 Å². The van der Waals surface area contributed by atoms with Gasteiger partial charge in [-0.1, -0.05) is 0 Å². The van der Waals surface area contributed by atoms with Gasteiger partial charge in [0, 0.05) is 29.2 Å². The Bertz CT molecular complexity index is 684. The van der Waals surface area contributed by atoms with Crippen LogP contribution in [0.3, 0.4) is 0 Å². The van der Waals surface area contributed by atoms with Gasteiger partial charge in [-0.3, -0.25) is 20.0 Å². The predicted molar refractivity (Wildman–Crippen MR) is 80.3 cm³/mol. The average Bonchev–Trinajstić information content (AvgIpc) is 2.54. The lowest BCUT2D eigenvalue weighted by Gasteiger charge is -2.09. The normalized spacial score (nSPS) is 9.68. The summed E-state index contributed by atoms with van der Waals surface area (Å²) in [4.78, 5) is 38.3. The molecule has 0 aliphatic heterocycles. The van der Waals surface area contributed by atoms with Gasteiger partial charge in [-0.15, -0.1) is 0 Å². The minimum absolute atomic E-state index is 0.0550.